The van der Waals surface area contributed by atoms with Gasteiger partial charge in [0.05, 0.1) is 16.7 Å². The van der Waals surface area contributed by atoms with Crippen molar-refractivity contribution in [3.8, 4) is 0 Å². The van der Waals surface area contributed by atoms with Crippen molar-refractivity contribution in [3.63, 3.8) is 0 Å². The second-order valence-electron chi connectivity index (χ2n) is 4.60. The Labute approximate surface area is 131 Å². The molecule has 1 aromatic heterocycles. The number of rotatable bonds is 6. The molecule has 0 spiro atoms. The largest absolute Gasteiger partial charge is 0.390 e. The lowest BCUT2D eigenvalue weighted by Gasteiger charge is -1.99. The van der Waals surface area contributed by atoms with Gasteiger partial charge in [0.1, 0.15) is 6.61 Å². The SMILES string of the molecule is O=C(N/N=C\c1cccc([N+](=O)[O-])c1)c1cc[n+](CCO)cc1. The molecule has 1 heterocycles. The number of hydrogen-bond acceptors (Lipinski definition) is 5. The van der Waals surface area contributed by atoms with Crippen molar-refractivity contribution in [3.05, 3.63) is 70.0 Å². The maximum atomic E-state index is 11.9. The molecular weight excluding hydrogens is 300 g/mol. The van der Waals surface area contributed by atoms with Crippen LogP contribution in [-0.4, -0.2) is 28.8 Å². The Morgan fingerprint density at radius 3 is 2.74 bits per heavy atom. The van der Waals surface area contributed by atoms with Crippen LogP contribution in [-0.2, 0) is 6.54 Å². The van der Waals surface area contributed by atoms with Crippen molar-refractivity contribution in [1.82, 2.24) is 5.43 Å². The van der Waals surface area contributed by atoms with E-state index in [2.05, 4.69) is 10.5 Å². The van der Waals surface area contributed by atoms with Gasteiger partial charge in [-0.1, -0.05) is 12.1 Å². The van der Waals surface area contributed by atoms with Crippen LogP contribution in [0, 0.1) is 10.1 Å². The number of nitro groups is 1. The first-order chi connectivity index (χ1) is 11.1. The Morgan fingerprint density at radius 2 is 2.09 bits per heavy atom. The molecule has 2 aromatic rings. The zero-order chi connectivity index (χ0) is 16.7. The van der Waals surface area contributed by atoms with Gasteiger partial charge in [-0.25, -0.2) is 9.99 Å². The molecular formula is C15H15N4O4+. The molecule has 8 heteroatoms. The third kappa shape index (κ3) is 4.68. The Kier molecular flexibility index (Phi) is 5.48. The lowest BCUT2D eigenvalue weighted by Crippen LogP contribution is -2.35. The molecule has 118 valence electrons. The molecule has 1 amide bonds. The number of amides is 1. The van der Waals surface area contributed by atoms with Crippen LogP contribution in [0.25, 0.3) is 0 Å². The van der Waals surface area contributed by atoms with E-state index in [1.807, 2.05) is 0 Å². The van der Waals surface area contributed by atoms with Crippen LogP contribution in [0.5, 0.6) is 0 Å². The van der Waals surface area contributed by atoms with Crippen molar-refractivity contribution < 1.29 is 19.4 Å². The number of pyridine rings is 1. The predicted molar refractivity (Wildman–Crippen MR) is 81.9 cm³/mol. The van der Waals surface area contributed by atoms with Gasteiger partial charge in [-0.2, -0.15) is 5.10 Å². The van der Waals surface area contributed by atoms with Gasteiger partial charge in [0, 0.05) is 29.8 Å². The summed E-state index contributed by atoms with van der Waals surface area (Å²) >= 11 is 0. The molecule has 0 aliphatic carbocycles. The van der Waals surface area contributed by atoms with Gasteiger partial charge < -0.3 is 5.11 Å². The lowest BCUT2D eigenvalue weighted by atomic mass is 10.2. The normalized spacial score (nSPS) is 10.7. The number of nitrogens with zero attached hydrogens (tertiary/aromatic N) is 3. The summed E-state index contributed by atoms with van der Waals surface area (Å²) in [6.45, 7) is 0.469. The van der Waals surface area contributed by atoms with Crippen LogP contribution in [0.2, 0.25) is 0 Å². The van der Waals surface area contributed by atoms with Crippen LogP contribution >= 0.6 is 0 Å². The zero-order valence-electron chi connectivity index (χ0n) is 12.1. The lowest BCUT2D eigenvalue weighted by molar-refractivity contribution is -0.698. The molecule has 1 aromatic carbocycles. The number of nitro benzene ring substituents is 1. The number of benzene rings is 1. The first-order valence-electron chi connectivity index (χ1n) is 6.78. The van der Waals surface area contributed by atoms with E-state index in [1.54, 1.807) is 41.2 Å². The summed E-state index contributed by atoms with van der Waals surface area (Å²) in [5.41, 5.74) is 3.23. The number of aromatic nitrogens is 1. The van der Waals surface area contributed by atoms with Gasteiger partial charge in [-0.05, 0) is 0 Å². The summed E-state index contributed by atoms with van der Waals surface area (Å²) in [6, 6.07) is 9.13. The Balaban J connectivity index is 1.98. The predicted octanol–water partition coefficient (Wildman–Crippen LogP) is 0.639. The van der Waals surface area contributed by atoms with E-state index in [0.717, 1.165) is 0 Å². The fourth-order valence-corrected chi connectivity index (χ4v) is 1.82. The third-order valence-corrected chi connectivity index (χ3v) is 2.97. The number of aliphatic hydroxyl groups is 1. The Bertz CT molecular complexity index is 729. The van der Waals surface area contributed by atoms with Gasteiger partial charge in [-0.15, -0.1) is 0 Å². The minimum atomic E-state index is -0.498. The maximum Gasteiger partial charge on any atom is 0.271 e. The number of hydrogen-bond donors (Lipinski definition) is 2. The van der Waals surface area contributed by atoms with Crippen molar-refractivity contribution in [2.45, 2.75) is 6.54 Å². The highest BCUT2D eigenvalue weighted by atomic mass is 16.6. The Morgan fingerprint density at radius 1 is 1.35 bits per heavy atom. The van der Waals surface area contributed by atoms with Gasteiger partial charge in [0.2, 0.25) is 0 Å². The Hall–Kier alpha value is -3.13. The fraction of sp³-hybridized carbons (Fsp3) is 0.133. The summed E-state index contributed by atoms with van der Waals surface area (Å²) in [7, 11) is 0. The molecule has 0 saturated heterocycles. The second kappa shape index (κ2) is 7.76. The highest BCUT2D eigenvalue weighted by Gasteiger charge is 2.07. The summed E-state index contributed by atoms with van der Waals surface area (Å²) in [4.78, 5) is 22.1. The van der Waals surface area contributed by atoms with E-state index in [0.29, 0.717) is 17.7 Å². The van der Waals surface area contributed by atoms with Gasteiger partial charge in [-0.3, -0.25) is 14.9 Å². The topological polar surface area (TPSA) is 109 Å². The quantitative estimate of drug-likeness (QED) is 0.353. The average molecular weight is 315 g/mol. The van der Waals surface area contributed by atoms with Crippen LogP contribution in [0.4, 0.5) is 5.69 Å². The number of carbonyl (C=O) groups excluding carboxylic acids is 1. The molecule has 2 N–H and O–H groups in total. The van der Waals surface area contributed by atoms with Crippen LogP contribution in [0.3, 0.4) is 0 Å². The van der Waals surface area contributed by atoms with Crippen molar-refractivity contribution in [2.75, 3.05) is 6.61 Å². The van der Waals surface area contributed by atoms with Gasteiger partial charge >= 0.3 is 0 Å². The number of carbonyl (C=O) groups is 1. The third-order valence-electron chi connectivity index (χ3n) is 2.97. The maximum absolute atomic E-state index is 11.9. The molecule has 0 unspecified atom stereocenters. The van der Waals surface area contributed by atoms with E-state index in [4.69, 9.17) is 5.11 Å². The van der Waals surface area contributed by atoms with E-state index >= 15 is 0 Å². The van der Waals surface area contributed by atoms with E-state index in [9.17, 15) is 14.9 Å². The minimum Gasteiger partial charge on any atom is -0.390 e. The summed E-state index contributed by atoms with van der Waals surface area (Å²) < 4.78 is 1.74. The first kappa shape index (κ1) is 16.2. The highest BCUT2D eigenvalue weighted by molar-refractivity contribution is 5.94. The zero-order valence-corrected chi connectivity index (χ0v) is 12.1. The number of non-ortho nitro benzene ring substituents is 1. The molecule has 8 nitrogen and oxygen atoms in total. The standard InChI is InChI=1S/C15H14N4O4/c20-9-8-18-6-4-13(5-7-18)15(21)17-16-11-12-2-1-3-14(10-12)19(22)23/h1-7,10-11,20H,8-9H2/p+1. The smallest absolute Gasteiger partial charge is 0.271 e. The molecule has 23 heavy (non-hydrogen) atoms. The number of aliphatic hydroxyl groups excluding tert-OH is 1. The summed E-state index contributed by atoms with van der Waals surface area (Å²) in [5.74, 6) is -0.400. The van der Waals surface area contributed by atoms with Crippen LogP contribution < -0.4 is 9.99 Å². The summed E-state index contributed by atoms with van der Waals surface area (Å²) in [6.07, 6.45) is 4.69. The first-order valence-corrected chi connectivity index (χ1v) is 6.78. The average Bonchev–Trinajstić information content (AvgIpc) is 2.56. The van der Waals surface area contributed by atoms with Crippen molar-refractivity contribution in [2.24, 2.45) is 5.10 Å². The molecule has 0 bridgehead atoms. The monoisotopic (exact) mass is 315 g/mol. The van der Waals surface area contributed by atoms with Crippen LogP contribution in [0.15, 0.2) is 53.9 Å². The van der Waals surface area contributed by atoms with E-state index < -0.39 is 10.8 Å². The van der Waals surface area contributed by atoms with Crippen LogP contribution in [0.1, 0.15) is 15.9 Å². The number of hydrazone groups is 1. The minimum absolute atomic E-state index is 0.0176. The fourth-order valence-electron chi connectivity index (χ4n) is 1.82. The van der Waals surface area contributed by atoms with E-state index in [-0.39, 0.29) is 12.3 Å². The number of nitrogens with one attached hydrogen (secondary N) is 1. The molecule has 2 rings (SSSR count). The van der Waals surface area contributed by atoms with Crippen molar-refractivity contribution in [1.29, 1.82) is 0 Å². The molecule has 0 saturated carbocycles. The van der Waals surface area contributed by atoms with Crippen molar-refractivity contribution >= 4 is 17.8 Å². The summed E-state index contributed by atoms with van der Waals surface area (Å²) in [5, 5.41) is 23.3. The molecule has 0 aliphatic rings. The molecule has 0 aliphatic heterocycles. The second-order valence-corrected chi connectivity index (χ2v) is 4.60. The molecule has 0 radical (unpaired) electrons. The van der Waals surface area contributed by atoms with E-state index in [1.165, 1.54) is 18.3 Å². The molecule has 0 atom stereocenters. The van der Waals surface area contributed by atoms with Gasteiger partial charge in [0.15, 0.2) is 18.9 Å². The molecule has 0 fully saturated rings. The highest BCUT2D eigenvalue weighted by Crippen LogP contribution is 2.11. The van der Waals surface area contributed by atoms with Gasteiger partial charge in [0.25, 0.3) is 11.6 Å².